The first kappa shape index (κ1) is 12.5. The molecule has 1 N–H and O–H groups in total. The Hall–Kier alpha value is -2.50. The molecule has 0 bridgehead atoms. The average Bonchev–Trinajstić information content (AvgIpc) is 2.91. The monoisotopic (exact) mass is 274 g/mol. The van der Waals surface area contributed by atoms with Crippen molar-refractivity contribution in [2.45, 2.75) is 13.0 Å². The highest BCUT2D eigenvalue weighted by Gasteiger charge is 2.21. The highest BCUT2D eigenvalue weighted by Crippen LogP contribution is 2.30. The summed E-state index contributed by atoms with van der Waals surface area (Å²) in [6, 6.07) is 9.04. The number of carbonyl (C=O) groups is 1. The van der Waals surface area contributed by atoms with Crippen LogP contribution in [0, 0.1) is 6.92 Å². The third-order valence-electron chi connectivity index (χ3n) is 2.92. The van der Waals surface area contributed by atoms with Crippen LogP contribution in [0.1, 0.15) is 16.2 Å². The number of aromatic nitrogens is 1. The second-order valence-corrected chi connectivity index (χ2v) is 4.53. The van der Waals surface area contributed by atoms with Crippen LogP contribution in [0.5, 0.6) is 11.5 Å². The molecule has 1 aromatic carbocycles. The Balaban J connectivity index is 1.56. The molecule has 1 aliphatic rings. The summed E-state index contributed by atoms with van der Waals surface area (Å²) in [5.74, 6) is 1.73. The molecule has 0 spiro atoms. The number of ether oxygens (including phenoxy) is 2. The summed E-state index contributed by atoms with van der Waals surface area (Å²) >= 11 is 0. The molecule has 1 atom stereocenters. The van der Waals surface area contributed by atoms with E-state index in [0.717, 1.165) is 5.75 Å². The third-order valence-corrected chi connectivity index (χ3v) is 2.92. The van der Waals surface area contributed by atoms with Crippen molar-refractivity contribution < 1.29 is 18.8 Å². The number of aryl methyl sites for hydroxylation is 1. The lowest BCUT2D eigenvalue weighted by Gasteiger charge is -2.26. The van der Waals surface area contributed by atoms with Crippen LogP contribution in [0.25, 0.3) is 0 Å². The smallest absolute Gasteiger partial charge is 0.273 e. The predicted octanol–water partition coefficient (Wildman–Crippen LogP) is 1.55. The minimum atomic E-state index is -0.288. The van der Waals surface area contributed by atoms with Crippen molar-refractivity contribution in [2.75, 3.05) is 13.2 Å². The molecule has 0 saturated heterocycles. The summed E-state index contributed by atoms with van der Waals surface area (Å²) in [5.41, 5.74) is 0.264. The van der Waals surface area contributed by atoms with E-state index in [1.807, 2.05) is 24.3 Å². The van der Waals surface area contributed by atoms with Gasteiger partial charge in [0.2, 0.25) is 0 Å². The Labute approximate surface area is 115 Å². The molecule has 0 radical (unpaired) electrons. The summed E-state index contributed by atoms with van der Waals surface area (Å²) in [6.45, 7) is 2.48. The van der Waals surface area contributed by atoms with Gasteiger partial charge in [-0.05, 0) is 19.1 Å². The van der Waals surface area contributed by atoms with Gasteiger partial charge in [-0.3, -0.25) is 4.79 Å². The van der Waals surface area contributed by atoms with Crippen molar-refractivity contribution in [3.8, 4) is 11.5 Å². The fraction of sp³-hybridized carbons (Fsp3) is 0.286. The van der Waals surface area contributed by atoms with Crippen LogP contribution < -0.4 is 14.8 Å². The fourth-order valence-electron chi connectivity index (χ4n) is 1.93. The summed E-state index contributed by atoms with van der Waals surface area (Å²) in [7, 11) is 0. The molecule has 1 aliphatic heterocycles. The quantitative estimate of drug-likeness (QED) is 0.919. The van der Waals surface area contributed by atoms with Gasteiger partial charge in [-0.2, -0.15) is 0 Å². The molecule has 0 fully saturated rings. The van der Waals surface area contributed by atoms with Crippen molar-refractivity contribution in [3.05, 3.63) is 41.8 Å². The molecule has 3 rings (SSSR count). The number of rotatable bonds is 3. The molecule has 0 aliphatic carbocycles. The van der Waals surface area contributed by atoms with Crippen molar-refractivity contribution in [1.82, 2.24) is 10.5 Å². The van der Waals surface area contributed by atoms with Crippen LogP contribution in [0.2, 0.25) is 0 Å². The topological polar surface area (TPSA) is 73.6 Å². The summed E-state index contributed by atoms with van der Waals surface area (Å²) in [6.07, 6.45) is -0.221. The zero-order valence-electron chi connectivity index (χ0n) is 11.0. The maximum Gasteiger partial charge on any atom is 0.273 e. The van der Waals surface area contributed by atoms with E-state index < -0.39 is 0 Å². The average molecular weight is 274 g/mol. The van der Waals surface area contributed by atoms with Crippen LogP contribution >= 0.6 is 0 Å². The van der Waals surface area contributed by atoms with Gasteiger partial charge in [-0.15, -0.1) is 0 Å². The second kappa shape index (κ2) is 5.24. The number of fused-ring (bicyclic) bond motifs is 1. The van der Waals surface area contributed by atoms with E-state index in [1.165, 1.54) is 0 Å². The normalized spacial score (nSPS) is 16.8. The molecule has 1 aromatic heterocycles. The standard InChI is InChI=1S/C14H14N2O4/c1-9-6-11(16-20-9)14(17)15-7-10-8-18-12-4-2-3-5-13(12)19-10/h2-6,10H,7-8H2,1H3,(H,15,17)/t10-/m1/s1. The minimum Gasteiger partial charge on any atom is -0.486 e. The molecule has 2 heterocycles. The molecule has 6 nitrogen and oxygen atoms in total. The Morgan fingerprint density at radius 2 is 2.20 bits per heavy atom. The van der Waals surface area contributed by atoms with Gasteiger partial charge in [0, 0.05) is 6.07 Å². The lowest BCUT2D eigenvalue weighted by molar-refractivity contribution is 0.0784. The highest BCUT2D eigenvalue weighted by atomic mass is 16.6. The molecular formula is C14H14N2O4. The number of para-hydroxylation sites is 2. The highest BCUT2D eigenvalue weighted by molar-refractivity contribution is 5.92. The van der Waals surface area contributed by atoms with Crippen molar-refractivity contribution in [1.29, 1.82) is 0 Å². The summed E-state index contributed by atoms with van der Waals surface area (Å²) < 4.78 is 16.2. The van der Waals surface area contributed by atoms with E-state index >= 15 is 0 Å². The minimum absolute atomic E-state index is 0.221. The van der Waals surface area contributed by atoms with Crippen molar-refractivity contribution >= 4 is 5.91 Å². The van der Waals surface area contributed by atoms with E-state index in [-0.39, 0.29) is 17.7 Å². The maximum atomic E-state index is 11.8. The summed E-state index contributed by atoms with van der Waals surface area (Å²) in [4.78, 5) is 11.8. The van der Waals surface area contributed by atoms with Gasteiger partial charge in [-0.25, -0.2) is 0 Å². The van der Waals surface area contributed by atoms with Crippen molar-refractivity contribution in [3.63, 3.8) is 0 Å². The number of nitrogens with zero attached hydrogens (tertiary/aromatic N) is 1. The van der Waals surface area contributed by atoms with Gasteiger partial charge < -0.3 is 19.3 Å². The molecule has 104 valence electrons. The van der Waals surface area contributed by atoms with Gasteiger partial charge in [0.25, 0.3) is 5.91 Å². The van der Waals surface area contributed by atoms with E-state index in [0.29, 0.717) is 24.7 Å². The van der Waals surface area contributed by atoms with Crippen LogP contribution in [0.4, 0.5) is 0 Å². The zero-order valence-corrected chi connectivity index (χ0v) is 11.0. The molecule has 20 heavy (non-hydrogen) atoms. The van der Waals surface area contributed by atoms with E-state index in [1.54, 1.807) is 13.0 Å². The Morgan fingerprint density at radius 1 is 1.40 bits per heavy atom. The molecule has 0 saturated carbocycles. The third kappa shape index (κ3) is 2.59. The number of hydrogen-bond acceptors (Lipinski definition) is 5. The molecule has 1 amide bonds. The SMILES string of the molecule is Cc1cc(C(=O)NC[C@@H]2COc3ccccc3O2)no1. The van der Waals surface area contributed by atoms with Crippen LogP contribution in [0.15, 0.2) is 34.9 Å². The van der Waals surface area contributed by atoms with Gasteiger partial charge >= 0.3 is 0 Å². The van der Waals surface area contributed by atoms with Gasteiger partial charge in [-0.1, -0.05) is 17.3 Å². The first-order valence-electron chi connectivity index (χ1n) is 6.32. The number of hydrogen-bond donors (Lipinski definition) is 1. The predicted molar refractivity (Wildman–Crippen MR) is 69.9 cm³/mol. The number of carbonyl (C=O) groups excluding carboxylic acids is 1. The van der Waals surface area contributed by atoms with Gasteiger partial charge in [0.05, 0.1) is 6.54 Å². The van der Waals surface area contributed by atoms with Crippen LogP contribution in [0.3, 0.4) is 0 Å². The summed E-state index contributed by atoms with van der Waals surface area (Å²) in [5, 5.41) is 6.40. The van der Waals surface area contributed by atoms with Crippen LogP contribution in [-0.4, -0.2) is 30.3 Å². The lowest BCUT2D eigenvalue weighted by Crippen LogP contribution is -2.40. The molecule has 2 aromatic rings. The van der Waals surface area contributed by atoms with Gasteiger partial charge in [0.1, 0.15) is 18.5 Å². The first-order chi connectivity index (χ1) is 9.72. The second-order valence-electron chi connectivity index (χ2n) is 4.53. The Kier molecular flexibility index (Phi) is 3.28. The van der Waals surface area contributed by atoms with Crippen LogP contribution in [-0.2, 0) is 0 Å². The lowest BCUT2D eigenvalue weighted by atomic mass is 10.2. The molecular weight excluding hydrogens is 260 g/mol. The molecule has 6 heteroatoms. The molecule has 0 unspecified atom stereocenters. The van der Waals surface area contributed by atoms with Crippen molar-refractivity contribution in [2.24, 2.45) is 0 Å². The van der Waals surface area contributed by atoms with E-state index in [4.69, 9.17) is 14.0 Å². The Morgan fingerprint density at radius 3 is 2.95 bits per heavy atom. The van der Waals surface area contributed by atoms with E-state index in [9.17, 15) is 4.79 Å². The maximum absolute atomic E-state index is 11.8. The number of nitrogens with one attached hydrogen (secondary N) is 1. The zero-order chi connectivity index (χ0) is 13.9. The van der Waals surface area contributed by atoms with Gasteiger partial charge in [0.15, 0.2) is 17.2 Å². The first-order valence-corrected chi connectivity index (χ1v) is 6.32. The number of benzene rings is 1. The van der Waals surface area contributed by atoms with E-state index in [2.05, 4.69) is 10.5 Å². The number of amides is 1. The largest absolute Gasteiger partial charge is 0.486 e. The Bertz CT molecular complexity index is 623. The fourth-order valence-corrected chi connectivity index (χ4v) is 1.93.